The molecule has 1 saturated heterocycles. The zero-order valence-electron chi connectivity index (χ0n) is 16.8. The van der Waals surface area contributed by atoms with Crippen LogP contribution >= 0.6 is 12.2 Å². The first-order valence-electron chi connectivity index (χ1n) is 9.38. The second-order valence-electron chi connectivity index (χ2n) is 7.32. The smallest absolute Gasteiger partial charge is 0.229 e. The van der Waals surface area contributed by atoms with Crippen molar-refractivity contribution in [2.45, 2.75) is 25.9 Å². The van der Waals surface area contributed by atoms with Gasteiger partial charge >= 0.3 is 0 Å². The van der Waals surface area contributed by atoms with Crippen LogP contribution in [-0.4, -0.2) is 24.8 Å². The number of nitrogens with one attached hydrogen (secondary N) is 2. The van der Waals surface area contributed by atoms with Crippen LogP contribution in [0.3, 0.4) is 0 Å². The van der Waals surface area contributed by atoms with Crippen LogP contribution in [0.2, 0.25) is 0 Å². The number of anilines is 2. The number of hydrogen-bond acceptors (Lipinski definition) is 5. The third-order valence-electron chi connectivity index (χ3n) is 4.93. The van der Waals surface area contributed by atoms with E-state index in [1.807, 2.05) is 61.2 Å². The molecule has 30 heavy (non-hydrogen) atoms. The Morgan fingerprint density at radius 1 is 1.17 bits per heavy atom. The van der Waals surface area contributed by atoms with Crippen LogP contribution in [0.4, 0.5) is 11.4 Å². The van der Waals surface area contributed by atoms with Crippen molar-refractivity contribution in [3.05, 3.63) is 77.5 Å². The van der Waals surface area contributed by atoms with E-state index in [0.717, 1.165) is 34.7 Å². The molecule has 0 amide bonds. The highest BCUT2D eigenvalue weighted by Gasteiger charge is 2.42. The highest BCUT2D eigenvalue weighted by atomic mass is 32.2. The zero-order chi connectivity index (χ0) is 21.5. The van der Waals surface area contributed by atoms with Crippen LogP contribution in [0, 0.1) is 13.8 Å². The van der Waals surface area contributed by atoms with Crippen LogP contribution in [0.15, 0.2) is 59.1 Å². The Bertz CT molecular complexity index is 1190. The number of nitrogens with zero attached hydrogens (tertiary/aromatic N) is 2. The van der Waals surface area contributed by atoms with E-state index in [1.54, 1.807) is 12.3 Å². The Kier molecular flexibility index (Phi) is 5.25. The van der Waals surface area contributed by atoms with Crippen LogP contribution < -0.4 is 14.9 Å². The maximum atomic E-state index is 11.6. The van der Waals surface area contributed by atoms with Gasteiger partial charge in [0.2, 0.25) is 10.0 Å². The lowest BCUT2D eigenvalue weighted by Crippen LogP contribution is -2.29. The quantitative estimate of drug-likeness (QED) is 0.581. The molecule has 0 aliphatic carbocycles. The van der Waals surface area contributed by atoms with Crippen LogP contribution in [0.1, 0.15) is 34.9 Å². The van der Waals surface area contributed by atoms with Gasteiger partial charge in [0, 0.05) is 11.9 Å². The topological polar surface area (TPSA) is 87.5 Å². The van der Waals surface area contributed by atoms with E-state index in [1.165, 1.54) is 0 Å². The molecule has 0 unspecified atom stereocenters. The molecule has 0 bridgehead atoms. The van der Waals surface area contributed by atoms with E-state index in [4.69, 9.17) is 16.6 Å². The summed E-state index contributed by atoms with van der Waals surface area (Å²) in [5.41, 5.74) is 3.01. The standard InChI is InChI=1S/C21H22N4O3S2/c1-13-12-15(8-9-16(13)24-30(3,26)27)25-20(18-10-7-14(2)28-18)19(23-21(25)29)17-6-4-5-11-22-17/h4-12,19-20,24H,1-3H3,(H,23,29)/t19-,20-/m0/s1. The van der Waals surface area contributed by atoms with E-state index in [2.05, 4.69) is 15.0 Å². The lowest BCUT2D eigenvalue weighted by atomic mass is 10.0. The van der Waals surface area contributed by atoms with Crippen LogP contribution in [-0.2, 0) is 10.0 Å². The van der Waals surface area contributed by atoms with Crippen molar-refractivity contribution in [3.8, 4) is 0 Å². The van der Waals surface area contributed by atoms with Gasteiger partial charge in [-0.3, -0.25) is 9.71 Å². The monoisotopic (exact) mass is 442 g/mol. The van der Waals surface area contributed by atoms with Crippen molar-refractivity contribution in [2.75, 3.05) is 15.9 Å². The highest BCUT2D eigenvalue weighted by Crippen LogP contribution is 2.42. The van der Waals surface area contributed by atoms with Gasteiger partial charge in [-0.25, -0.2) is 8.42 Å². The second-order valence-corrected chi connectivity index (χ2v) is 9.45. The van der Waals surface area contributed by atoms with Gasteiger partial charge in [0.25, 0.3) is 0 Å². The average molecular weight is 443 g/mol. The molecule has 1 fully saturated rings. The number of thiocarbonyl (C=S) groups is 1. The molecule has 1 aromatic carbocycles. The fraction of sp³-hybridized carbons (Fsp3) is 0.238. The average Bonchev–Trinajstić information content (AvgIpc) is 3.26. The van der Waals surface area contributed by atoms with Crippen molar-refractivity contribution in [1.29, 1.82) is 0 Å². The number of sulfonamides is 1. The summed E-state index contributed by atoms with van der Waals surface area (Å²) in [6.07, 6.45) is 2.88. The molecule has 9 heteroatoms. The van der Waals surface area contributed by atoms with Crippen LogP contribution in [0.25, 0.3) is 0 Å². The summed E-state index contributed by atoms with van der Waals surface area (Å²) in [5, 5.41) is 3.92. The summed E-state index contributed by atoms with van der Waals surface area (Å²) in [5.74, 6) is 1.58. The van der Waals surface area contributed by atoms with Gasteiger partial charge in [-0.2, -0.15) is 0 Å². The number of furan rings is 1. The SMILES string of the molecule is Cc1ccc([C@H]2[C@H](c3ccccn3)NC(=S)N2c2ccc(NS(C)(=O)=O)c(C)c2)o1. The molecule has 2 aromatic heterocycles. The maximum absolute atomic E-state index is 11.6. The fourth-order valence-corrected chi connectivity index (χ4v) is 4.62. The number of hydrogen-bond donors (Lipinski definition) is 2. The maximum Gasteiger partial charge on any atom is 0.229 e. The molecule has 1 aliphatic rings. The molecule has 1 aliphatic heterocycles. The summed E-state index contributed by atoms with van der Waals surface area (Å²) < 4.78 is 31.7. The van der Waals surface area contributed by atoms with Gasteiger partial charge in [-0.1, -0.05) is 6.07 Å². The van der Waals surface area contributed by atoms with E-state index < -0.39 is 10.0 Å². The molecule has 0 saturated carbocycles. The van der Waals surface area contributed by atoms with Gasteiger partial charge in [0.1, 0.15) is 17.6 Å². The molecule has 3 heterocycles. The zero-order valence-corrected chi connectivity index (χ0v) is 18.4. The molecule has 0 radical (unpaired) electrons. The fourth-order valence-electron chi connectivity index (χ4n) is 3.65. The van der Waals surface area contributed by atoms with Crippen molar-refractivity contribution >= 4 is 38.7 Å². The molecule has 4 rings (SSSR count). The highest BCUT2D eigenvalue weighted by molar-refractivity contribution is 7.92. The first-order chi connectivity index (χ1) is 14.2. The Balaban J connectivity index is 1.77. The largest absolute Gasteiger partial charge is 0.464 e. The summed E-state index contributed by atoms with van der Waals surface area (Å²) in [6.45, 7) is 3.76. The van der Waals surface area contributed by atoms with Gasteiger partial charge in [-0.05, 0) is 74.1 Å². The number of rotatable bonds is 5. The van der Waals surface area contributed by atoms with Crippen molar-refractivity contribution < 1.29 is 12.8 Å². The summed E-state index contributed by atoms with van der Waals surface area (Å²) >= 11 is 5.68. The van der Waals surface area contributed by atoms with E-state index in [-0.39, 0.29) is 12.1 Å². The van der Waals surface area contributed by atoms with E-state index in [0.29, 0.717) is 10.8 Å². The first kappa shape index (κ1) is 20.4. The summed E-state index contributed by atoms with van der Waals surface area (Å²) in [7, 11) is -3.36. The predicted octanol–water partition coefficient (Wildman–Crippen LogP) is 3.84. The minimum atomic E-state index is -3.36. The third kappa shape index (κ3) is 4.03. The Hall–Kier alpha value is -2.91. The van der Waals surface area contributed by atoms with E-state index in [9.17, 15) is 8.42 Å². The van der Waals surface area contributed by atoms with Crippen molar-refractivity contribution in [3.63, 3.8) is 0 Å². The van der Waals surface area contributed by atoms with Gasteiger partial charge in [0.05, 0.1) is 23.7 Å². The summed E-state index contributed by atoms with van der Waals surface area (Å²) in [6, 6.07) is 14.7. The normalized spacial score (nSPS) is 19.0. The van der Waals surface area contributed by atoms with Gasteiger partial charge < -0.3 is 14.6 Å². The lowest BCUT2D eigenvalue weighted by molar-refractivity contribution is 0.418. The molecule has 2 atom stereocenters. The molecule has 7 nitrogen and oxygen atoms in total. The van der Waals surface area contributed by atoms with E-state index >= 15 is 0 Å². The third-order valence-corrected chi connectivity index (χ3v) is 5.84. The first-order valence-corrected chi connectivity index (χ1v) is 11.7. The Morgan fingerprint density at radius 3 is 2.57 bits per heavy atom. The minimum absolute atomic E-state index is 0.196. The van der Waals surface area contributed by atoms with Crippen molar-refractivity contribution in [2.24, 2.45) is 0 Å². The molecule has 156 valence electrons. The lowest BCUT2D eigenvalue weighted by Gasteiger charge is -2.26. The van der Waals surface area contributed by atoms with Gasteiger partial charge in [0.15, 0.2) is 5.11 Å². The minimum Gasteiger partial charge on any atom is -0.464 e. The number of aromatic nitrogens is 1. The molecular formula is C21H22N4O3S2. The number of aryl methyl sites for hydroxylation is 2. The number of pyridine rings is 1. The molecule has 2 N–H and O–H groups in total. The summed E-state index contributed by atoms with van der Waals surface area (Å²) in [4.78, 5) is 6.50. The van der Waals surface area contributed by atoms with Crippen LogP contribution in [0.5, 0.6) is 0 Å². The van der Waals surface area contributed by atoms with Crippen molar-refractivity contribution in [1.82, 2.24) is 10.3 Å². The predicted molar refractivity (Wildman–Crippen MR) is 121 cm³/mol. The number of benzene rings is 1. The molecule has 0 spiro atoms. The molecule has 3 aromatic rings. The Labute approximate surface area is 181 Å². The Morgan fingerprint density at radius 2 is 1.97 bits per heavy atom. The second kappa shape index (κ2) is 7.73. The molecular weight excluding hydrogens is 420 g/mol. The van der Waals surface area contributed by atoms with Gasteiger partial charge in [-0.15, -0.1) is 0 Å².